The average molecular weight is 174 g/mol. The lowest BCUT2D eigenvalue weighted by atomic mass is 10.1. The van der Waals surface area contributed by atoms with Gasteiger partial charge in [0, 0.05) is 18.5 Å². The Labute approximate surface area is 73.1 Å². The van der Waals surface area contributed by atoms with Gasteiger partial charge in [0.15, 0.2) is 0 Å². The summed E-state index contributed by atoms with van der Waals surface area (Å²) in [7, 11) is 0. The van der Waals surface area contributed by atoms with Crippen LogP contribution < -0.4 is 11.1 Å². The summed E-state index contributed by atoms with van der Waals surface area (Å²) in [6, 6.07) is -0.252. The zero-order chi connectivity index (χ0) is 9.56. The number of carbonyl (C=O) groups excluding carboxylic acids is 1. The average Bonchev–Trinajstić information content (AvgIpc) is 2.03. The molecule has 2 atom stereocenters. The molecule has 0 fully saturated rings. The van der Waals surface area contributed by atoms with Gasteiger partial charge >= 0.3 is 0 Å². The molecule has 0 radical (unpaired) electrons. The van der Waals surface area contributed by atoms with Gasteiger partial charge in [-0.05, 0) is 13.3 Å². The second kappa shape index (κ2) is 5.97. The minimum absolute atomic E-state index is 0.0346. The van der Waals surface area contributed by atoms with E-state index in [0.29, 0.717) is 6.42 Å². The van der Waals surface area contributed by atoms with Crippen LogP contribution in [0.5, 0.6) is 0 Å². The Hall–Kier alpha value is -0.610. The molecule has 12 heavy (non-hydrogen) atoms. The summed E-state index contributed by atoms with van der Waals surface area (Å²) in [6.07, 6.45) is 1.13. The molecule has 0 aliphatic rings. The maximum absolute atomic E-state index is 11.1. The molecule has 4 nitrogen and oxygen atoms in total. The highest BCUT2D eigenvalue weighted by atomic mass is 16.3. The number of rotatable bonds is 5. The van der Waals surface area contributed by atoms with E-state index in [1.807, 2.05) is 6.92 Å². The predicted octanol–water partition coefficient (Wildman–Crippen LogP) is -0.389. The van der Waals surface area contributed by atoms with E-state index >= 15 is 0 Å². The minimum Gasteiger partial charge on any atom is -0.394 e. The van der Waals surface area contributed by atoms with E-state index < -0.39 is 0 Å². The topological polar surface area (TPSA) is 75.4 Å². The lowest BCUT2D eigenvalue weighted by Crippen LogP contribution is -2.38. The van der Waals surface area contributed by atoms with Gasteiger partial charge in [0.05, 0.1) is 6.61 Å². The fourth-order valence-corrected chi connectivity index (χ4v) is 0.762. The third-order valence-electron chi connectivity index (χ3n) is 1.65. The van der Waals surface area contributed by atoms with E-state index in [4.69, 9.17) is 10.8 Å². The van der Waals surface area contributed by atoms with Crippen LogP contribution in [0.1, 0.15) is 26.7 Å². The summed E-state index contributed by atoms with van der Waals surface area (Å²) in [5.74, 6) is -0.0918. The van der Waals surface area contributed by atoms with Crippen molar-refractivity contribution in [1.29, 1.82) is 0 Å². The van der Waals surface area contributed by atoms with Crippen molar-refractivity contribution in [2.24, 2.45) is 5.73 Å². The molecular formula is C8H18N2O2. The van der Waals surface area contributed by atoms with Crippen molar-refractivity contribution in [1.82, 2.24) is 5.32 Å². The van der Waals surface area contributed by atoms with Crippen LogP contribution in [0.15, 0.2) is 0 Å². The lowest BCUT2D eigenvalue weighted by molar-refractivity contribution is -0.122. The quantitative estimate of drug-likeness (QED) is 0.531. The predicted molar refractivity (Wildman–Crippen MR) is 47.6 cm³/mol. The first kappa shape index (κ1) is 11.4. The number of nitrogens with two attached hydrogens (primary N) is 1. The van der Waals surface area contributed by atoms with Gasteiger partial charge in [-0.25, -0.2) is 0 Å². The molecule has 4 N–H and O–H groups in total. The van der Waals surface area contributed by atoms with Crippen LogP contribution in [-0.4, -0.2) is 29.7 Å². The van der Waals surface area contributed by atoms with Gasteiger partial charge in [-0.2, -0.15) is 0 Å². The normalized spacial score (nSPS) is 15.3. The largest absolute Gasteiger partial charge is 0.394 e. The van der Waals surface area contributed by atoms with Gasteiger partial charge in [-0.1, -0.05) is 6.92 Å². The number of carbonyl (C=O) groups is 1. The van der Waals surface area contributed by atoms with E-state index in [-0.39, 0.29) is 24.6 Å². The van der Waals surface area contributed by atoms with Gasteiger partial charge in [-0.15, -0.1) is 0 Å². The van der Waals surface area contributed by atoms with Gasteiger partial charge in [-0.3, -0.25) is 4.79 Å². The monoisotopic (exact) mass is 174 g/mol. The van der Waals surface area contributed by atoms with E-state index in [9.17, 15) is 4.79 Å². The van der Waals surface area contributed by atoms with Crippen molar-refractivity contribution < 1.29 is 9.90 Å². The zero-order valence-corrected chi connectivity index (χ0v) is 7.71. The zero-order valence-electron chi connectivity index (χ0n) is 7.71. The first-order valence-electron chi connectivity index (χ1n) is 4.26. The van der Waals surface area contributed by atoms with Gasteiger partial charge < -0.3 is 16.2 Å². The Kier molecular flexibility index (Phi) is 5.66. The molecule has 0 rings (SSSR count). The molecule has 0 aromatic carbocycles. The summed E-state index contributed by atoms with van der Waals surface area (Å²) in [5.41, 5.74) is 5.57. The van der Waals surface area contributed by atoms with Crippen LogP contribution in [0.2, 0.25) is 0 Å². The number of hydrogen-bond acceptors (Lipinski definition) is 3. The molecule has 0 aromatic rings. The number of amides is 1. The Balaban J connectivity index is 3.59. The Morgan fingerprint density at radius 3 is 2.67 bits per heavy atom. The van der Waals surface area contributed by atoms with Gasteiger partial charge in [0.2, 0.25) is 5.91 Å². The molecule has 0 saturated heterocycles. The van der Waals surface area contributed by atoms with Crippen LogP contribution in [0.25, 0.3) is 0 Å². The number of aliphatic hydroxyl groups is 1. The van der Waals surface area contributed by atoms with E-state index in [1.54, 1.807) is 6.92 Å². The smallest absolute Gasteiger partial charge is 0.221 e. The summed E-state index contributed by atoms with van der Waals surface area (Å²) >= 11 is 0. The molecule has 0 aliphatic heterocycles. The first-order chi connectivity index (χ1) is 5.60. The van der Waals surface area contributed by atoms with Crippen LogP contribution in [0, 0.1) is 0 Å². The standard InChI is InChI=1S/C8H18N2O2/c1-3-7(9)4-8(12)10-6(2)5-11/h6-7,11H,3-5,9H2,1-2H3,(H,10,12). The van der Waals surface area contributed by atoms with Gasteiger partial charge in [0.1, 0.15) is 0 Å². The van der Waals surface area contributed by atoms with Crippen molar-refractivity contribution in [2.75, 3.05) is 6.61 Å². The first-order valence-corrected chi connectivity index (χ1v) is 4.26. The van der Waals surface area contributed by atoms with Crippen LogP contribution >= 0.6 is 0 Å². The second-order valence-electron chi connectivity index (χ2n) is 3.02. The summed E-state index contributed by atoms with van der Waals surface area (Å²) in [5, 5.41) is 11.3. The van der Waals surface area contributed by atoms with E-state index in [0.717, 1.165) is 6.42 Å². The lowest BCUT2D eigenvalue weighted by Gasteiger charge is -2.12. The van der Waals surface area contributed by atoms with Crippen LogP contribution in [0.4, 0.5) is 0 Å². The maximum atomic E-state index is 11.1. The SMILES string of the molecule is CCC(N)CC(=O)NC(C)CO. The molecule has 0 heterocycles. The summed E-state index contributed by atoms with van der Waals surface area (Å²) in [4.78, 5) is 11.1. The minimum atomic E-state index is -0.179. The van der Waals surface area contributed by atoms with Crippen LogP contribution in [0.3, 0.4) is 0 Å². The molecule has 2 unspecified atom stereocenters. The number of nitrogens with one attached hydrogen (secondary N) is 1. The van der Waals surface area contributed by atoms with Gasteiger partial charge in [0.25, 0.3) is 0 Å². The second-order valence-corrected chi connectivity index (χ2v) is 3.02. The molecule has 0 saturated carbocycles. The van der Waals surface area contributed by atoms with E-state index in [1.165, 1.54) is 0 Å². The summed E-state index contributed by atoms with van der Waals surface area (Å²) in [6.45, 7) is 3.65. The molecule has 0 bridgehead atoms. The highest BCUT2D eigenvalue weighted by Crippen LogP contribution is 1.93. The Morgan fingerprint density at radius 2 is 2.25 bits per heavy atom. The highest BCUT2D eigenvalue weighted by molar-refractivity contribution is 5.76. The number of hydrogen-bond donors (Lipinski definition) is 3. The van der Waals surface area contributed by atoms with Crippen molar-refractivity contribution in [3.63, 3.8) is 0 Å². The molecule has 0 aromatic heterocycles. The maximum Gasteiger partial charge on any atom is 0.221 e. The fourth-order valence-electron chi connectivity index (χ4n) is 0.762. The molecule has 4 heteroatoms. The Bertz CT molecular complexity index is 125. The third kappa shape index (κ3) is 5.09. The summed E-state index contributed by atoms with van der Waals surface area (Å²) < 4.78 is 0. The van der Waals surface area contributed by atoms with Crippen molar-refractivity contribution in [3.05, 3.63) is 0 Å². The molecule has 72 valence electrons. The van der Waals surface area contributed by atoms with E-state index in [2.05, 4.69) is 5.32 Å². The fraction of sp³-hybridized carbons (Fsp3) is 0.875. The molecular weight excluding hydrogens is 156 g/mol. The van der Waals surface area contributed by atoms with Crippen molar-refractivity contribution in [3.8, 4) is 0 Å². The van der Waals surface area contributed by atoms with Crippen molar-refractivity contribution in [2.45, 2.75) is 38.8 Å². The van der Waals surface area contributed by atoms with Crippen molar-refractivity contribution >= 4 is 5.91 Å². The van der Waals surface area contributed by atoms with Crippen LogP contribution in [-0.2, 0) is 4.79 Å². The Morgan fingerprint density at radius 1 is 1.67 bits per heavy atom. The third-order valence-corrected chi connectivity index (χ3v) is 1.65. The molecule has 1 amide bonds. The molecule has 0 spiro atoms. The highest BCUT2D eigenvalue weighted by Gasteiger charge is 2.09. The molecule has 0 aliphatic carbocycles. The number of aliphatic hydroxyl groups excluding tert-OH is 1.